The Labute approximate surface area is 120 Å². The van der Waals surface area contributed by atoms with Gasteiger partial charge >= 0.3 is 4.87 Å². The van der Waals surface area contributed by atoms with Crippen molar-refractivity contribution in [2.75, 3.05) is 25.1 Å². The highest BCUT2D eigenvalue weighted by molar-refractivity contribution is 7.07. The molecule has 0 aliphatic rings. The van der Waals surface area contributed by atoms with Crippen molar-refractivity contribution in [3.63, 3.8) is 0 Å². The van der Waals surface area contributed by atoms with Crippen molar-refractivity contribution in [3.8, 4) is 0 Å². The third-order valence-electron chi connectivity index (χ3n) is 2.72. The number of nitrogen functional groups attached to an aromatic ring is 1. The summed E-state index contributed by atoms with van der Waals surface area (Å²) in [6.45, 7) is 0.426. The fourth-order valence-electron chi connectivity index (χ4n) is 1.73. The van der Waals surface area contributed by atoms with E-state index in [1.807, 2.05) is 0 Å². The van der Waals surface area contributed by atoms with Crippen LogP contribution in [0.2, 0.25) is 0 Å². The minimum absolute atomic E-state index is 0.0982. The number of carbonyl (C=O) groups excluding carboxylic acids is 1. The molecule has 1 amide bonds. The molecule has 0 bridgehead atoms. The van der Waals surface area contributed by atoms with Gasteiger partial charge < -0.3 is 20.9 Å². The quantitative estimate of drug-likeness (QED) is 0.741. The molecule has 7 heteroatoms. The lowest BCUT2D eigenvalue weighted by molar-refractivity contribution is 0.0828. The monoisotopic (exact) mass is 292 g/mol. The zero-order chi connectivity index (χ0) is 14.7. The van der Waals surface area contributed by atoms with E-state index >= 15 is 0 Å². The van der Waals surface area contributed by atoms with Gasteiger partial charge in [-0.05, 0) is 18.2 Å². The zero-order valence-corrected chi connectivity index (χ0v) is 12.1. The number of benzene rings is 1. The Kier molecular flexibility index (Phi) is 4.09. The molecule has 20 heavy (non-hydrogen) atoms. The molecule has 1 aromatic heterocycles. The van der Waals surface area contributed by atoms with Gasteiger partial charge in [0.2, 0.25) is 0 Å². The number of nitrogens with two attached hydrogens (primary N) is 1. The first-order valence-corrected chi connectivity index (χ1v) is 6.87. The number of amides is 1. The summed E-state index contributed by atoms with van der Waals surface area (Å²) in [5.41, 5.74) is 8.29. The summed E-state index contributed by atoms with van der Waals surface area (Å²) in [5.74, 6) is -0.105. The second kappa shape index (κ2) is 5.79. The SMILES string of the molecule is CN(C)C(=O)c1ccc(N)cc1NCc1csc(=O)[nH]1. The first-order chi connectivity index (χ1) is 9.47. The van der Waals surface area contributed by atoms with Crippen LogP contribution in [0.5, 0.6) is 0 Å². The standard InChI is InChI=1S/C13H16N4O2S/c1-17(2)12(18)10-4-3-8(14)5-11(10)15-6-9-7-20-13(19)16-9/h3-5,7,15H,6,14H2,1-2H3,(H,16,19). The van der Waals surface area contributed by atoms with E-state index in [2.05, 4.69) is 10.3 Å². The van der Waals surface area contributed by atoms with E-state index in [1.165, 1.54) is 4.90 Å². The van der Waals surface area contributed by atoms with Crippen molar-refractivity contribution in [1.29, 1.82) is 0 Å². The highest BCUT2D eigenvalue weighted by atomic mass is 32.1. The molecule has 1 aromatic carbocycles. The molecule has 0 saturated heterocycles. The molecule has 0 aliphatic heterocycles. The van der Waals surface area contributed by atoms with Crippen LogP contribution in [0.1, 0.15) is 16.1 Å². The molecule has 0 radical (unpaired) electrons. The van der Waals surface area contributed by atoms with E-state index < -0.39 is 0 Å². The second-order valence-electron chi connectivity index (χ2n) is 4.53. The Balaban J connectivity index is 2.23. The summed E-state index contributed by atoms with van der Waals surface area (Å²) in [5, 5.41) is 4.87. The predicted octanol–water partition coefficient (Wildman–Crippen LogP) is 1.33. The van der Waals surface area contributed by atoms with Gasteiger partial charge in [-0.1, -0.05) is 11.3 Å². The molecule has 0 fully saturated rings. The molecule has 6 nitrogen and oxygen atoms in total. The van der Waals surface area contributed by atoms with Crippen LogP contribution in [0.15, 0.2) is 28.4 Å². The average Bonchev–Trinajstić information content (AvgIpc) is 2.81. The van der Waals surface area contributed by atoms with E-state index in [0.717, 1.165) is 17.0 Å². The van der Waals surface area contributed by atoms with Crippen molar-refractivity contribution in [2.45, 2.75) is 6.54 Å². The number of hydrogen-bond acceptors (Lipinski definition) is 5. The Bertz CT molecular complexity index is 675. The smallest absolute Gasteiger partial charge is 0.304 e. The summed E-state index contributed by atoms with van der Waals surface area (Å²) < 4.78 is 0. The van der Waals surface area contributed by atoms with Crippen molar-refractivity contribution < 1.29 is 4.79 Å². The van der Waals surface area contributed by atoms with Crippen LogP contribution in [-0.2, 0) is 6.54 Å². The van der Waals surface area contributed by atoms with E-state index in [1.54, 1.807) is 37.7 Å². The lowest BCUT2D eigenvalue weighted by Gasteiger charge is -2.15. The van der Waals surface area contributed by atoms with Gasteiger partial charge in [-0.3, -0.25) is 9.59 Å². The highest BCUT2D eigenvalue weighted by Gasteiger charge is 2.13. The van der Waals surface area contributed by atoms with Gasteiger partial charge in [0.15, 0.2) is 0 Å². The Morgan fingerprint density at radius 1 is 1.45 bits per heavy atom. The number of anilines is 2. The number of thiazole rings is 1. The third-order valence-corrected chi connectivity index (χ3v) is 3.44. The maximum Gasteiger partial charge on any atom is 0.304 e. The molecular formula is C13H16N4O2S. The molecular weight excluding hydrogens is 276 g/mol. The van der Waals surface area contributed by atoms with Crippen LogP contribution >= 0.6 is 11.3 Å². The molecule has 0 atom stereocenters. The maximum atomic E-state index is 12.1. The van der Waals surface area contributed by atoms with Gasteiger partial charge in [0.05, 0.1) is 12.1 Å². The molecule has 0 unspecified atom stereocenters. The van der Waals surface area contributed by atoms with Crippen molar-refractivity contribution in [2.24, 2.45) is 0 Å². The average molecular weight is 292 g/mol. The molecule has 2 rings (SSSR count). The van der Waals surface area contributed by atoms with Crippen LogP contribution in [0.25, 0.3) is 0 Å². The topological polar surface area (TPSA) is 91.2 Å². The third kappa shape index (κ3) is 3.18. The number of H-pyrrole nitrogens is 1. The molecule has 2 aromatic rings. The van der Waals surface area contributed by atoms with Gasteiger partial charge in [0.25, 0.3) is 5.91 Å². The summed E-state index contributed by atoms with van der Waals surface area (Å²) >= 11 is 1.11. The molecule has 106 valence electrons. The van der Waals surface area contributed by atoms with Gasteiger partial charge in [-0.25, -0.2) is 0 Å². The lowest BCUT2D eigenvalue weighted by Crippen LogP contribution is -2.23. The van der Waals surface area contributed by atoms with Crippen LogP contribution in [0, 0.1) is 0 Å². The van der Waals surface area contributed by atoms with Crippen molar-refractivity contribution >= 4 is 28.6 Å². The summed E-state index contributed by atoms with van der Waals surface area (Å²) in [6.07, 6.45) is 0. The minimum Gasteiger partial charge on any atom is -0.399 e. The summed E-state index contributed by atoms with van der Waals surface area (Å²) in [7, 11) is 3.39. The number of hydrogen-bond donors (Lipinski definition) is 3. The predicted molar refractivity (Wildman–Crippen MR) is 81.1 cm³/mol. The van der Waals surface area contributed by atoms with Gasteiger partial charge in [0, 0.05) is 36.5 Å². The minimum atomic E-state index is -0.105. The van der Waals surface area contributed by atoms with Crippen LogP contribution in [0.4, 0.5) is 11.4 Å². The van der Waals surface area contributed by atoms with Gasteiger partial charge in [-0.2, -0.15) is 0 Å². The first-order valence-electron chi connectivity index (χ1n) is 5.99. The van der Waals surface area contributed by atoms with Gasteiger partial charge in [0.1, 0.15) is 0 Å². The molecule has 1 heterocycles. The Morgan fingerprint density at radius 3 is 2.80 bits per heavy atom. The van der Waals surface area contributed by atoms with E-state index in [-0.39, 0.29) is 10.8 Å². The summed E-state index contributed by atoms with van der Waals surface area (Å²) in [4.78, 5) is 27.3. The number of nitrogens with zero attached hydrogens (tertiary/aromatic N) is 1. The zero-order valence-electron chi connectivity index (χ0n) is 11.3. The molecule has 0 spiro atoms. The van der Waals surface area contributed by atoms with Crippen LogP contribution < -0.4 is 15.9 Å². The number of rotatable bonds is 4. The molecule has 4 N–H and O–H groups in total. The normalized spacial score (nSPS) is 10.3. The molecule has 0 aliphatic carbocycles. The number of carbonyl (C=O) groups is 1. The largest absolute Gasteiger partial charge is 0.399 e. The van der Waals surface area contributed by atoms with Crippen molar-refractivity contribution in [1.82, 2.24) is 9.88 Å². The van der Waals surface area contributed by atoms with Crippen LogP contribution in [-0.4, -0.2) is 29.9 Å². The summed E-state index contributed by atoms with van der Waals surface area (Å²) in [6, 6.07) is 5.09. The van der Waals surface area contributed by atoms with E-state index in [0.29, 0.717) is 23.5 Å². The fourth-order valence-corrected chi connectivity index (χ4v) is 2.31. The number of aromatic amines is 1. The van der Waals surface area contributed by atoms with Crippen molar-refractivity contribution in [3.05, 3.63) is 44.5 Å². The second-order valence-corrected chi connectivity index (χ2v) is 5.37. The number of nitrogens with one attached hydrogen (secondary N) is 2. The van der Waals surface area contributed by atoms with E-state index in [4.69, 9.17) is 5.73 Å². The highest BCUT2D eigenvalue weighted by Crippen LogP contribution is 2.21. The Morgan fingerprint density at radius 2 is 2.20 bits per heavy atom. The van der Waals surface area contributed by atoms with Gasteiger partial charge in [-0.15, -0.1) is 0 Å². The van der Waals surface area contributed by atoms with E-state index in [9.17, 15) is 9.59 Å². The first kappa shape index (κ1) is 14.1. The number of aromatic nitrogens is 1. The van der Waals surface area contributed by atoms with Crippen LogP contribution in [0.3, 0.4) is 0 Å². The Hall–Kier alpha value is -2.28. The lowest BCUT2D eigenvalue weighted by atomic mass is 10.1. The fraction of sp³-hybridized carbons (Fsp3) is 0.231. The molecule has 0 saturated carbocycles. The maximum absolute atomic E-state index is 12.1.